The fraction of sp³-hybridized carbons (Fsp3) is 0. The van der Waals surface area contributed by atoms with E-state index in [1.807, 2.05) is 34.8 Å². The highest BCUT2D eigenvalue weighted by Crippen LogP contribution is 2.44. The van der Waals surface area contributed by atoms with Gasteiger partial charge >= 0.3 is 0 Å². The van der Waals surface area contributed by atoms with Gasteiger partial charge in [0.15, 0.2) is 5.82 Å². The Balaban J connectivity index is 1.25. The van der Waals surface area contributed by atoms with Crippen molar-refractivity contribution in [1.29, 1.82) is 0 Å². The summed E-state index contributed by atoms with van der Waals surface area (Å²) < 4.78 is 5.17. The highest BCUT2D eigenvalue weighted by Gasteiger charge is 2.19. The smallest absolute Gasteiger partial charge is 0.161 e. The van der Waals surface area contributed by atoms with Gasteiger partial charge in [-0.2, -0.15) is 0 Å². The Morgan fingerprint density at radius 3 is 1.62 bits per heavy atom. The zero-order valence-corrected chi connectivity index (χ0v) is 28.5. The van der Waals surface area contributed by atoms with Crippen LogP contribution in [0, 0.1) is 0 Å². The molecule has 0 aliphatic heterocycles. The molecule has 0 bridgehead atoms. The van der Waals surface area contributed by atoms with E-state index in [4.69, 9.17) is 9.97 Å². The Bertz CT molecular complexity index is 2810. The molecule has 0 unspecified atom stereocenters. The van der Waals surface area contributed by atoms with Gasteiger partial charge in [-0.3, -0.25) is 0 Å². The number of fused-ring (bicyclic) bond motifs is 6. The summed E-state index contributed by atoms with van der Waals surface area (Å²) in [5.41, 5.74) is 9.56. The topological polar surface area (TPSA) is 25.8 Å². The van der Waals surface area contributed by atoms with Gasteiger partial charge in [0.2, 0.25) is 0 Å². The molecular weight excluding hydrogens is 645 g/mol. The lowest BCUT2D eigenvalue weighted by Gasteiger charge is -2.15. The summed E-state index contributed by atoms with van der Waals surface area (Å²) in [6.45, 7) is 0. The van der Waals surface area contributed by atoms with E-state index in [1.54, 1.807) is 0 Å². The van der Waals surface area contributed by atoms with Gasteiger partial charge in [-0.1, -0.05) is 133 Å². The van der Waals surface area contributed by atoms with Crippen LogP contribution in [0.15, 0.2) is 170 Å². The van der Waals surface area contributed by atoms with Crippen LogP contribution in [0.2, 0.25) is 0 Å². The molecular formula is C46H28N2S2. The van der Waals surface area contributed by atoms with Gasteiger partial charge in [0.1, 0.15) is 0 Å². The second-order valence-corrected chi connectivity index (χ2v) is 14.7. The third-order valence-corrected chi connectivity index (χ3v) is 11.8. The molecule has 0 N–H and O–H groups in total. The zero-order chi connectivity index (χ0) is 33.0. The van der Waals surface area contributed by atoms with Crippen molar-refractivity contribution >= 4 is 63.0 Å². The van der Waals surface area contributed by atoms with Gasteiger partial charge in [-0.25, -0.2) is 9.97 Å². The van der Waals surface area contributed by atoms with Crippen molar-refractivity contribution < 1.29 is 0 Å². The highest BCUT2D eigenvalue weighted by molar-refractivity contribution is 7.26. The third-order valence-electron chi connectivity index (χ3n) is 9.53. The first-order valence-corrected chi connectivity index (χ1v) is 18.4. The summed E-state index contributed by atoms with van der Waals surface area (Å²) in [4.78, 5) is 10.6. The van der Waals surface area contributed by atoms with Crippen molar-refractivity contribution in [2.75, 3.05) is 0 Å². The molecule has 0 spiro atoms. The first-order chi connectivity index (χ1) is 24.8. The van der Waals surface area contributed by atoms with Gasteiger partial charge in [-0.05, 0) is 58.7 Å². The molecule has 234 valence electrons. The van der Waals surface area contributed by atoms with Crippen molar-refractivity contribution in [2.24, 2.45) is 0 Å². The lowest BCUT2D eigenvalue weighted by molar-refractivity contribution is 1.18. The van der Waals surface area contributed by atoms with E-state index in [-0.39, 0.29) is 0 Å². The van der Waals surface area contributed by atoms with Crippen LogP contribution in [0.3, 0.4) is 0 Å². The lowest BCUT2D eigenvalue weighted by atomic mass is 9.91. The van der Waals surface area contributed by atoms with E-state index < -0.39 is 0 Å². The molecule has 7 aromatic carbocycles. The zero-order valence-electron chi connectivity index (χ0n) is 26.9. The van der Waals surface area contributed by atoms with Gasteiger partial charge in [0.25, 0.3) is 0 Å². The number of aromatic nitrogens is 2. The normalized spacial score (nSPS) is 11.6. The molecule has 4 heteroatoms. The summed E-state index contributed by atoms with van der Waals surface area (Å²) in [7, 11) is 0. The van der Waals surface area contributed by atoms with Gasteiger partial charge < -0.3 is 0 Å². The molecule has 0 saturated carbocycles. The molecule has 50 heavy (non-hydrogen) atoms. The average molecular weight is 673 g/mol. The number of hydrogen-bond donors (Lipinski definition) is 0. The molecule has 0 saturated heterocycles. The summed E-state index contributed by atoms with van der Waals surface area (Å²) in [5, 5.41) is 5.16. The first-order valence-electron chi connectivity index (χ1n) is 16.7. The van der Waals surface area contributed by atoms with Crippen molar-refractivity contribution in [3.63, 3.8) is 0 Å². The molecule has 3 aromatic heterocycles. The number of thiophene rings is 2. The second-order valence-electron chi connectivity index (χ2n) is 12.5. The minimum absolute atomic E-state index is 0.710. The van der Waals surface area contributed by atoms with Crippen molar-refractivity contribution in [2.45, 2.75) is 0 Å². The monoisotopic (exact) mass is 672 g/mol. The van der Waals surface area contributed by atoms with Gasteiger partial charge in [0.05, 0.1) is 11.4 Å². The molecule has 0 amide bonds. The Kier molecular flexibility index (Phi) is 6.90. The molecule has 10 rings (SSSR count). The van der Waals surface area contributed by atoms with Crippen LogP contribution in [0.4, 0.5) is 0 Å². The minimum Gasteiger partial charge on any atom is -0.228 e. The summed E-state index contributed by atoms with van der Waals surface area (Å²) in [6.07, 6.45) is 0. The lowest BCUT2D eigenvalue weighted by Crippen LogP contribution is -1.98. The predicted octanol–water partition coefficient (Wildman–Crippen LogP) is 13.5. The molecule has 0 atom stereocenters. The predicted molar refractivity (Wildman–Crippen MR) is 215 cm³/mol. The van der Waals surface area contributed by atoms with E-state index in [1.165, 1.54) is 51.5 Å². The van der Waals surface area contributed by atoms with Crippen LogP contribution in [0.5, 0.6) is 0 Å². The minimum atomic E-state index is 0.710. The fourth-order valence-electron chi connectivity index (χ4n) is 7.13. The van der Waals surface area contributed by atoms with Gasteiger partial charge in [-0.15, -0.1) is 22.7 Å². The summed E-state index contributed by atoms with van der Waals surface area (Å²) in [5.74, 6) is 0.710. The molecule has 0 aliphatic rings. The Labute approximate surface area is 297 Å². The largest absolute Gasteiger partial charge is 0.228 e. The number of rotatable bonds is 5. The van der Waals surface area contributed by atoms with Crippen LogP contribution in [-0.4, -0.2) is 9.97 Å². The third kappa shape index (κ3) is 4.92. The van der Waals surface area contributed by atoms with E-state index in [9.17, 15) is 0 Å². The Morgan fingerprint density at radius 1 is 0.320 bits per heavy atom. The van der Waals surface area contributed by atoms with Gasteiger partial charge in [0, 0.05) is 57.0 Å². The molecule has 3 heterocycles. The molecule has 2 nitrogen and oxygen atoms in total. The average Bonchev–Trinajstić information content (AvgIpc) is 3.76. The molecule has 0 aliphatic carbocycles. The van der Waals surface area contributed by atoms with E-state index in [0.717, 1.165) is 39.2 Å². The van der Waals surface area contributed by atoms with E-state index in [2.05, 4.69) is 158 Å². The first kappa shape index (κ1) is 29.0. The molecule has 0 fully saturated rings. The second kappa shape index (κ2) is 11.9. The standard InChI is InChI=1S/C46H28N2S2/c1-3-12-29(13-4-1)39-28-40(30-14-5-2-6-15-30)48-46(47-39)38-26-31(32-23-25-35-34-16-7-9-19-41(34)50-44(35)27-32)22-24-33(38)36-18-11-21-43-45(36)37-17-8-10-20-42(37)49-43/h1-28H. The van der Waals surface area contributed by atoms with Crippen LogP contribution in [0.1, 0.15) is 0 Å². The highest BCUT2D eigenvalue weighted by atomic mass is 32.1. The fourth-order valence-corrected chi connectivity index (χ4v) is 9.41. The van der Waals surface area contributed by atoms with Crippen LogP contribution in [-0.2, 0) is 0 Å². The quantitative estimate of drug-likeness (QED) is 0.182. The summed E-state index contributed by atoms with van der Waals surface area (Å²) >= 11 is 3.69. The van der Waals surface area contributed by atoms with E-state index >= 15 is 0 Å². The maximum Gasteiger partial charge on any atom is 0.161 e. The van der Waals surface area contributed by atoms with Crippen molar-refractivity contribution in [3.8, 4) is 56.2 Å². The summed E-state index contributed by atoms with van der Waals surface area (Å²) in [6, 6.07) is 60.7. The maximum absolute atomic E-state index is 5.32. The van der Waals surface area contributed by atoms with E-state index in [0.29, 0.717) is 5.82 Å². The van der Waals surface area contributed by atoms with Crippen LogP contribution >= 0.6 is 22.7 Å². The maximum atomic E-state index is 5.32. The Morgan fingerprint density at radius 2 is 0.880 bits per heavy atom. The Hall–Kier alpha value is -5.94. The number of benzene rings is 7. The molecule has 0 radical (unpaired) electrons. The number of hydrogen-bond acceptors (Lipinski definition) is 4. The van der Waals surface area contributed by atoms with Crippen LogP contribution in [0.25, 0.3) is 96.5 Å². The van der Waals surface area contributed by atoms with Crippen LogP contribution < -0.4 is 0 Å². The molecule has 10 aromatic rings. The SMILES string of the molecule is c1ccc(-c2cc(-c3ccccc3)nc(-c3cc(-c4ccc5c(c4)sc4ccccc45)ccc3-c3cccc4sc5ccccc5c34)n2)cc1. The van der Waals surface area contributed by atoms with Crippen molar-refractivity contribution in [1.82, 2.24) is 9.97 Å². The van der Waals surface area contributed by atoms with Crippen molar-refractivity contribution in [3.05, 3.63) is 170 Å². The number of nitrogens with zero attached hydrogens (tertiary/aromatic N) is 2.